The number of methoxy groups -OCH3 is 1. The van der Waals surface area contributed by atoms with Crippen LogP contribution in [0.1, 0.15) is 15.9 Å². The number of esters is 1. The molecule has 0 spiro atoms. The van der Waals surface area contributed by atoms with E-state index in [2.05, 4.69) is 10.1 Å². The van der Waals surface area contributed by atoms with Crippen molar-refractivity contribution in [2.75, 3.05) is 33.1 Å². The number of nitrogens with one attached hydrogen (secondary N) is 1. The Morgan fingerprint density at radius 3 is 2.25 bits per heavy atom. The van der Waals surface area contributed by atoms with Crippen molar-refractivity contribution in [3.8, 4) is 5.75 Å². The smallest absolute Gasteiger partial charge is 0.337 e. The molecule has 28 heavy (non-hydrogen) atoms. The maximum Gasteiger partial charge on any atom is 0.337 e. The van der Waals surface area contributed by atoms with Crippen molar-refractivity contribution < 1.29 is 27.5 Å². The van der Waals surface area contributed by atoms with Crippen molar-refractivity contribution in [3.63, 3.8) is 0 Å². The summed E-state index contributed by atoms with van der Waals surface area (Å²) in [5.41, 5.74) is 1.48. The van der Waals surface area contributed by atoms with E-state index in [9.17, 15) is 18.0 Å². The molecule has 9 heteroatoms. The minimum Gasteiger partial charge on any atom is -0.483 e. The molecule has 0 heterocycles. The van der Waals surface area contributed by atoms with Gasteiger partial charge in [-0.2, -0.15) is 0 Å². The van der Waals surface area contributed by atoms with Crippen LogP contribution in [0, 0.1) is 6.92 Å². The molecule has 1 amide bonds. The molecule has 1 N–H and O–H groups in total. The molecule has 2 rings (SSSR count). The molecular weight excluding hydrogens is 384 g/mol. The summed E-state index contributed by atoms with van der Waals surface area (Å²) in [4.78, 5) is 23.6. The number of carbonyl (C=O) groups excluding carboxylic acids is 2. The monoisotopic (exact) mass is 406 g/mol. The predicted molar refractivity (Wildman–Crippen MR) is 104 cm³/mol. The fourth-order valence-corrected chi connectivity index (χ4v) is 3.29. The van der Waals surface area contributed by atoms with Gasteiger partial charge in [0.15, 0.2) is 6.61 Å². The molecule has 0 saturated heterocycles. The number of ether oxygens (including phenoxy) is 2. The minimum atomic E-state index is -3.53. The molecule has 0 unspecified atom stereocenters. The normalized spacial score (nSPS) is 11.2. The summed E-state index contributed by atoms with van der Waals surface area (Å²) in [7, 11) is 0.668. The van der Waals surface area contributed by atoms with E-state index in [1.54, 1.807) is 19.1 Å². The first-order chi connectivity index (χ1) is 13.1. The van der Waals surface area contributed by atoms with E-state index >= 15 is 0 Å². The SMILES string of the molecule is COC(=O)c1ccc(NC(=O)COc2ccc(S(=O)(=O)N(C)C)cc2C)cc1. The molecule has 0 fully saturated rings. The van der Waals surface area contributed by atoms with Crippen molar-refractivity contribution >= 4 is 27.6 Å². The van der Waals surface area contributed by atoms with Gasteiger partial charge in [-0.3, -0.25) is 4.79 Å². The Kier molecular flexibility index (Phi) is 6.76. The van der Waals surface area contributed by atoms with E-state index in [0.717, 1.165) is 4.31 Å². The molecule has 0 aliphatic carbocycles. The van der Waals surface area contributed by atoms with Gasteiger partial charge in [0.2, 0.25) is 10.0 Å². The lowest BCUT2D eigenvalue weighted by molar-refractivity contribution is -0.118. The summed E-state index contributed by atoms with van der Waals surface area (Å²) < 4.78 is 35.5. The van der Waals surface area contributed by atoms with Crippen LogP contribution in [0.3, 0.4) is 0 Å². The van der Waals surface area contributed by atoms with E-state index < -0.39 is 21.9 Å². The number of amides is 1. The number of nitrogens with zero attached hydrogens (tertiary/aromatic N) is 1. The number of sulfonamides is 1. The number of rotatable bonds is 7. The fourth-order valence-electron chi connectivity index (χ4n) is 2.30. The number of aryl methyl sites for hydroxylation is 1. The molecule has 0 aliphatic heterocycles. The molecule has 150 valence electrons. The van der Waals surface area contributed by atoms with Crippen molar-refractivity contribution in [1.29, 1.82) is 0 Å². The number of anilines is 1. The first-order valence-corrected chi connectivity index (χ1v) is 9.73. The van der Waals surface area contributed by atoms with Crippen LogP contribution in [0.15, 0.2) is 47.4 Å². The maximum absolute atomic E-state index is 12.1. The van der Waals surface area contributed by atoms with Crippen molar-refractivity contribution in [3.05, 3.63) is 53.6 Å². The highest BCUT2D eigenvalue weighted by molar-refractivity contribution is 7.89. The van der Waals surface area contributed by atoms with Gasteiger partial charge in [0.25, 0.3) is 5.91 Å². The second-order valence-electron chi connectivity index (χ2n) is 6.12. The number of carbonyl (C=O) groups is 2. The molecule has 0 atom stereocenters. The van der Waals surface area contributed by atoms with Crippen LogP contribution in [0.4, 0.5) is 5.69 Å². The second kappa shape index (κ2) is 8.85. The first-order valence-electron chi connectivity index (χ1n) is 8.29. The lowest BCUT2D eigenvalue weighted by atomic mass is 10.2. The fraction of sp³-hybridized carbons (Fsp3) is 0.263. The summed E-state index contributed by atoms with van der Waals surface area (Å²) in [6.45, 7) is 1.45. The summed E-state index contributed by atoms with van der Waals surface area (Å²) >= 11 is 0. The van der Waals surface area contributed by atoms with Crippen LogP contribution in [0.5, 0.6) is 5.75 Å². The third-order valence-electron chi connectivity index (χ3n) is 3.87. The molecule has 0 saturated carbocycles. The van der Waals surface area contributed by atoms with Gasteiger partial charge in [0, 0.05) is 19.8 Å². The van der Waals surface area contributed by atoms with Crippen molar-refractivity contribution in [2.45, 2.75) is 11.8 Å². The molecule has 0 aromatic heterocycles. The van der Waals surface area contributed by atoms with E-state index in [1.165, 1.54) is 51.5 Å². The lowest BCUT2D eigenvalue weighted by Crippen LogP contribution is -2.22. The van der Waals surface area contributed by atoms with Crippen LogP contribution in [-0.2, 0) is 19.6 Å². The average molecular weight is 406 g/mol. The summed E-state index contributed by atoms with van der Waals surface area (Å²) in [5.74, 6) is -0.444. The molecule has 8 nitrogen and oxygen atoms in total. The van der Waals surface area contributed by atoms with E-state index in [1.807, 2.05) is 0 Å². The lowest BCUT2D eigenvalue weighted by Gasteiger charge is -2.14. The highest BCUT2D eigenvalue weighted by atomic mass is 32.2. The van der Waals surface area contributed by atoms with Crippen LogP contribution in [-0.4, -0.2) is 52.4 Å². The highest BCUT2D eigenvalue weighted by Crippen LogP contribution is 2.23. The standard InChI is InChI=1S/C19H22N2O6S/c1-13-11-16(28(24,25)21(2)3)9-10-17(13)27-12-18(22)20-15-7-5-14(6-8-15)19(23)26-4/h5-11H,12H2,1-4H3,(H,20,22). The van der Waals surface area contributed by atoms with Crippen LogP contribution in [0.2, 0.25) is 0 Å². The average Bonchev–Trinajstić information content (AvgIpc) is 2.66. The Hall–Kier alpha value is -2.91. The van der Waals surface area contributed by atoms with Gasteiger partial charge in [0.05, 0.1) is 17.6 Å². The molecule has 2 aromatic carbocycles. The van der Waals surface area contributed by atoms with Gasteiger partial charge in [-0.25, -0.2) is 17.5 Å². The van der Waals surface area contributed by atoms with E-state index in [-0.39, 0.29) is 11.5 Å². The molecule has 0 bridgehead atoms. The van der Waals surface area contributed by atoms with Crippen LogP contribution in [0.25, 0.3) is 0 Å². The number of benzene rings is 2. The summed E-state index contributed by atoms with van der Waals surface area (Å²) in [5, 5.41) is 2.65. The predicted octanol–water partition coefficient (Wildman–Crippen LogP) is 2.05. The Morgan fingerprint density at radius 2 is 1.71 bits per heavy atom. The highest BCUT2D eigenvalue weighted by Gasteiger charge is 2.18. The third kappa shape index (κ3) is 5.08. The summed E-state index contributed by atoms with van der Waals surface area (Å²) in [6, 6.07) is 10.7. The zero-order valence-electron chi connectivity index (χ0n) is 16.1. The molecule has 0 aliphatic rings. The largest absolute Gasteiger partial charge is 0.483 e. The second-order valence-corrected chi connectivity index (χ2v) is 8.27. The molecule has 2 aromatic rings. The number of hydrogen-bond donors (Lipinski definition) is 1. The van der Waals surface area contributed by atoms with E-state index in [4.69, 9.17) is 4.74 Å². The Morgan fingerprint density at radius 1 is 1.07 bits per heavy atom. The van der Waals surface area contributed by atoms with Gasteiger partial charge in [0.1, 0.15) is 5.75 Å². The Bertz CT molecular complexity index is 968. The van der Waals surface area contributed by atoms with Crippen molar-refractivity contribution in [1.82, 2.24) is 4.31 Å². The first kappa shape index (κ1) is 21.4. The molecular formula is C19H22N2O6S. The minimum absolute atomic E-state index is 0.150. The van der Waals surface area contributed by atoms with Gasteiger partial charge in [-0.05, 0) is 55.0 Å². The van der Waals surface area contributed by atoms with Gasteiger partial charge >= 0.3 is 5.97 Å². The van der Waals surface area contributed by atoms with E-state index in [0.29, 0.717) is 22.6 Å². The number of hydrogen-bond acceptors (Lipinski definition) is 6. The topological polar surface area (TPSA) is 102 Å². The van der Waals surface area contributed by atoms with Gasteiger partial charge < -0.3 is 14.8 Å². The third-order valence-corrected chi connectivity index (χ3v) is 5.68. The Labute approximate surface area is 164 Å². The van der Waals surface area contributed by atoms with Gasteiger partial charge in [-0.15, -0.1) is 0 Å². The van der Waals surface area contributed by atoms with Crippen LogP contribution >= 0.6 is 0 Å². The summed E-state index contributed by atoms with van der Waals surface area (Å²) in [6.07, 6.45) is 0. The zero-order chi connectivity index (χ0) is 20.9. The van der Waals surface area contributed by atoms with Crippen molar-refractivity contribution in [2.24, 2.45) is 0 Å². The van der Waals surface area contributed by atoms with Gasteiger partial charge in [-0.1, -0.05) is 0 Å². The maximum atomic E-state index is 12.1. The molecule has 0 radical (unpaired) electrons. The van der Waals surface area contributed by atoms with Crippen LogP contribution < -0.4 is 10.1 Å². The zero-order valence-corrected chi connectivity index (χ0v) is 16.9. The Balaban J connectivity index is 1.98. The quantitative estimate of drug-likeness (QED) is 0.706.